The van der Waals surface area contributed by atoms with Crippen LogP contribution in [-0.4, -0.2) is 15.0 Å². The van der Waals surface area contributed by atoms with Crippen LogP contribution in [0.25, 0.3) is 0 Å². The monoisotopic (exact) mass is 255 g/mol. The largest absolute Gasteiger partial charge is 0.394 e. The third-order valence-corrected chi connectivity index (χ3v) is 2.95. The van der Waals surface area contributed by atoms with Gasteiger partial charge in [0.15, 0.2) is 5.82 Å². The number of hydrogen-bond acceptors (Lipinski definition) is 6. The highest BCUT2D eigenvalue weighted by Gasteiger charge is 2.07. The Labute approximate surface area is 102 Å². The smallest absolute Gasteiger partial charge is 0.224 e. The molecule has 3 N–H and O–H groups in total. The Hall–Kier alpha value is -1.40. The Kier molecular flexibility index (Phi) is 3.21. The fraction of sp³-hybridized carbons (Fsp3) is 0.222. The summed E-state index contributed by atoms with van der Waals surface area (Å²) in [5.74, 6) is 0.549. The number of anilines is 2. The number of nitrogens with zero attached hydrogens (tertiary/aromatic N) is 3. The Morgan fingerprint density at radius 2 is 2.31 bits per heavy atom. The molecule has 0 saturated carbocycles. The van der Waals surface area contributed by atoms with E-state index in [0.717, 1.165) is 5.01 Å². The van der Waals surface area contributed by atoms with Gasteiger partial charge in [0.1, 0.15) is 5.01 Å². The van der Waals surface area contributed by atoms with Crippen LogP contribution in [0.3, 0.4) is 0 Å². The summed E-state index contributed by atoms with van der Waals surface area (Å²) in [5.41, 5.74) is 7.01. The number of thiazole rings is 1. The van der Waals surface area contributed by atoms with Gasteiger partial charge in [-0.25, -0.2) is 9.97 Å². The summed E-state index contributed by atoms with van der Waals surface area (Å²) >= 11 is 7.32. The lowest BCUT2D eigenvalue weighted by Crippen LogP contribution is -2.07. The first-order valence-corrected chi connectivity index (χ1v) is 5.84. The van der Waals surface area contributed by atoms with Crippen LogP contribution in [0.5, 0.6) is 0 Å². The van der Waals surface area contributed by atoms with Crippen molar-refractivity contribution in [3.8, 4) is 0 Å². The highest BCUT2D eigenvalue weighted by Crippen LogP contribution is 2.21. The normalized spacial score (nSPS) is 10.4. The molecular weight excluding hydrogens is 246 g/mol. The number of nitrogens with two attached hydrogens (primary N) is 1. The average molecular weight is 256 g/mol. The first-order valence-electron chi connectivity index (χ1n) is 4.58. The molecule has 0 radical (unpaired) electrons. The van der Waals surface area contributed by atoms with E-state index in [-0.39, 0.29) is 5.28 Å². The summed E-state index contributed by atoms with van der Waals surface area (Å²) < 4.78 is 0. The van der Waals surface area contributed by atoms with Crippen molar-refractivity contribution in [1.29, 1.82) is 0 Å². The average Bonchev–Trinajstić information content (AvgIpc) is 2.74. The van der Waals surface area contributed by atoms with Gasteiger partial charge in [0.05, 0.1) is 17.9 Å². The predicted molar refractivity (Wildman–Crippen MR) is 65.6 cm³/mol. The van der Waals surface area contributed by atoms with Crippen molar-refractivity contribution in [2.45, 2.75) is 13.5 Å². The quantitative estimate of drug-likeness (QED) is 0.822. The standard InChI is InChI=1S/C9H10ClN5S/c1-5-7(11)8(15-9(10)14-5)13-4-6-12-2-3-16-6/h2-3H,4,11H2,1H3,(H,13,14,15). The molecule has 0 saturated heterocycles. The number of rotatable bonds is 3. The number of aryl methyl sites for hydroxylation is 1. The summed E-state index contributed by atoms with van der Waals surface area (Å²) in [5, 5.41) is 6.15. The van der Waals surface area contributed by atoms with Crippen molar-refractivity contribution in [2.24, 2.45) is 0 Å². The molecule has 16 heavy (non-hydrogen) atoms. The van der Waals surface area contributed by atoms with E-state index in [1.165, 1.54) is 0 Å². The maximum absolute atomic E-state index is 5.83. The van der Waals surface area contributed by atoms with Gasteiger partial charge < -0.3 is 11.1 Å². The van der Waals surface area contributed by atoms with Crippen LogP contribution < -0.4 is 11.1 Å². The molecule has 0 spiro atoms. The van der Waals surface area contributed by atoms with Crippen LogP contribution in [0.15, 0.2) is 11.6 Å². The van der Waals surface area contributed by atoms with Gasteiger partial charge in [0, 0.05) is 11.6 Å². The molecule has 0 aliphatic heterocycles. The van der Waals surface area contributed by atoms with E-state index in [1.54, 1.807) is 24.5 Å². The number of nitrogens with one attached hydrogen (secondary N) is 1. The van der Waals surface area contributed by atoms with E-state index in [1.807, 2.05) is 5.38 Å². The number of nitrogen functional groups attached to an aromatic ring is 1. The molecule has 0 atom stereocenters. The fourth-order valence-electron chi connectivity index (χ4n) is 1.18. The second-order valence-corrected chi connectivity index (χ2v) is 4.44. The van der Waals surface area contributed by atoms with Crippen LogP contribution in [0, 0.1) is 6.92 Å². The van der Waals surface area contributed by atoms with Crippen LogP contribution in [0.4, 0.5) is 11.5 Å². The molecule has 2 rings (SSSR count). The molecule has 0 bridgehead atoms. The molecular formula is C9H10ClN5S. The minimum Gasteiger partial charge on any atom is -0.394 e. The van der Waals surface area contributed by atoms with Crippen molar-refractivity contribution in [2.75, 3.05) is 11.1 Å². The van der Waals surface area contributed by atoms with Gasteiger partial charge in [-0.15, -0.1) is 11.3 Å². The van der Waals surface area contributed by atoms with E-state index < -0.39 is 0 Å². The van der Waals surface area contributed by atoms with Crippen molar-refractivity contribution >= 4 is 34.4 Å². The topological polar surface area (TPSA) is 76.7 Å². The third kappa shape index (κ3) is 2.40. The highest BCUT2D eigenvalue weighted by atomic mass is 35.5. The van der Waals surface area contributed by atoms with Gasteiger partial charge in [0.25, 0.3) is 0 Å². The van der Waals surface area contributed by atoms with Crippen LogP contribution in [0.1, 0.15) is 10.7 Å². The molecule has 0 aliphatic carbocycles. The summed E-state index contributed by atoms with van der Waals surface area (Å²) in [7, 11) is 0. The first-order chi connectivity index (χ1) is 7.66. The zero-order valence-electron chi connectivity index (χ0n) is 8.57. The molecule has 0 aromatic carbocycles. The number of halogens is 1. The maximum atomic E-state index is 5.83. The van der Waals surface area contributed by atoms with Gasteiger partial charge >= 0.3 is 0 Å². The second-order valence-electron chi connectivity index (χ2n) is 3.12. The SMILES string of the molecule is Cc1nc(Cl)nc(NCc2nccs2)c1N. The Morgan fingerprint density at radius 3 is 3.00 bits per heavy atom. The molecule has 0 unspecified atom stereocenters. The molecule has 0 fully saturated rings. The molecule has 0 amide bonds. The molecule has 2 aromatic rings. The zero-order valence-corrected chi connectivity index (χ0v) is 10.1. The lowest BCUT2D eigenvalue weighted by atomic mass is 10.3. The molecule has 84 valence electrons. The van der Waals surface area contributed by atoms with Crippen molar-refractivity contribution in [3.05, 3.63) is 27.6 Å². The minimum atomic E-state index is 0.188. The molecule has 0 aliphatic rings. The zero-order chi connectivity index (χ0) is 11.5. The van der Waals surface area contributed by atoms with Gasteiger partial charge in [-0.05, 0) is 18.5 Å². The number of hydrogen-bond donors (Lipinski definition) is 2. The summed E-state index contributed by atoms with van der Waals surface area (Å²) in [6.45, 7) is 2.37. The third-order valence-electron chi connectivity index (χ3n) is 2.00. The Balaban J connectivity index is 2.15. The van der Waals surface area contributed by atoms with E-state index >= 15 is 0 Å². The molecule has 7 heteroatoms. The van der Waals surface area contributed by atoms with Gasteiger partial charge in [-0.2, -0.15) is 4.98 Å². The maximum Gasteiger partial charge on any atom is 0.224 e. The lowest BCUT2D eigenvalue weighted by molar-refractivity contribution is 1.05. The number of aromatic nitrogens is 3. The first kappa shape index (κ1) is 11.1. The van der Waals surface area contributed by atoms with Gasteiger partial charge in [0.2, 0.25) is 5.28 Å². The van der Waals surface area contributed by atoms with Crippen LogP contribution in [-0.2, 0) is 6.54 Å². The molecule has 5 nitrogen and oxygen atoms in total. The lowest BCUT2D eigenvalue weighted by Gasteiger charge is -2.08. The van der Waals surface area contributed by atoms with E-state index in [2.05, 4.69) is 20.3 Å². The minimum absolute atomic E-state index is 0.188. The van der Waals surface area contributed by atoms with E-state index in [4.69, 9.17) is 17.3 Å². The van der Waals surface area contributed by atoms with Crippen LogP contribution in [0.2, 0.25) is 5.28 Å². The van der Waals surface area contributed by atoms with Gasteiger partial charge in [-0.3, -0.25) is 0 Å². The van der Waals surface area contributed by atoms with Crippen LogP contribution >= 0.6 is 22.9 Å². The van der Waals surface area contributed by atoms with E-state index in [0.29, 0.717) is 23.7 Å². The van der Waals surface area contributed by atoms with Gasteiger partial charge in [-0.1, -0.05) is 0 Å². The Bertz CT molecular complexity index is 485. The second kappa shape index (κ2) is 4.63. The molecule has 2 aromatic heterocycles. The predicted octanol–water partition coefficient (Wildman–Crippen LogP) is 2.09. The summed E-state index contributed by atoms with van der Waals surface area (Å²) in [4.78, 5) is 12.1. The van der Waals surface area contributed by atoms with Crippen molar-refractivity contribution in [1.82, 2.24) is 15.0 Å². The van der Waals surface area contributed by atoms with Crippen molar-refractivity contribution in [3.63, 3.8) is 0 Å². The highest BCUT2D eigenvalue weighted by molar-refractivity contribution is 7.09. The molecule has 2 heterocycles. The fourth-order valence-corrected chi connectivity index (χ4v) is 1.95. The summed E-state index contributed by atoms with van der Waals surface area (Å²) in [6.07, 6.45) is 1.75. The summed E-state index contributed by atoms with van der Waals surface area (Å²) in [6, 6.07) is 0. The van der Waals surface area contributed by atoms with E-state index in [9.17, 15) is 0 Å². The van der Waals surface area contributed by atoms with Crippen molar-refractivity contribution < 1.29 is 0 Å². The Morgan fingerprint density at radius 1 is 1.50 bits per heavy atom.